The lowest BCUT2D eigenvalue weighted by atomic mass is 10.1. The lowest BCUT2D eigenvalue weighted by Gasteiger charge is -2.12. The number of hydrogen-bond donors (Lipinski definition) is 2. The quantitative estimate of drug-likeness (QED) is 0.776. The summed E-state index contributed by atoms with van der Waals surface area (Å²) in [5.74, 6) is 0.932. The zero-order valence-electron chi connectivity index (χ0n) is 12.2. The van der Waals surface area contributed by atoms with Gasteiger partial charge in [-0.25, -0.2) is 4.98 Å². The van der Waals surface area contributed by atoms with Gasteiger partial charge in [-0.15, -0.1) is 0 Å². The Bertz CT molecular complexity index is 826. The normalized spacial score (nSPS) is 10.5. The van der Waals surface area contributed by atoms with Gasteiger partial charge in [0, 0.05) is 6.07 Å². The number of benzene rings is 2. The van der Waals surface area contributed by atoms with E-state index in [0.717, 1.165) is 5.52 Å². The van der Waals surface area contributed by atoms with Crippen molar-refractivity contribution in [1.29, 1.82) is 0 Å². The molecule has 1 aromatic heterocycles. The van der Waals surface area contributed by atoms with Crippen LogP contribution in [0.5, 0.6) is 11.5 Å². The predicted molar refractivity (Wildman–Crippen MR) is 83.6 cm³/mol. The molecule has 0 aliphatic rings. The number of imidazole rings is 1. The summed E-state index contributed by atoms with van der Waals surface area (Å²) in [5, 5.41) is 2.84. The summed E-state index contributed by atoms with van der Waals surface area (Å²) in [7, 11) is 3.11. The molecule has 2 aromatic carbocycles. The molecule has 0 saturated heterocycles. The van der Waals surface area contributed by atoms with E-state index in [9.17, 15) is 4.79 Å². The molecular weight excluding hydrogens is 282 g/mol. The van der Waals surface area contributed by atoms with Gasteiger partial charge in [-0.2, -0.15) is 0 Å². The number of anilines is 1. The van der Waals surface area contributed by atoms with Crippen molar-refractivity contribution in [3.63, 3.8) is 0 Å². The highest BCUT2D eigenvalue weighted by Crippen LogP contribution is 2.29. The number of carbonyl (C=O) groups excluding carboxylic acids is 1. The summed E-state index contributed by atoms with van der Waals surface area (Å²) >= 11 is 0. The van der Waals surface area contributed by atoms with Crippen LogP contribution in [0.25, 0.3) is 11.0 Å². The number of methoxy groups -OCH3 is 2. The topological polar surface area (TPSA) is 76.2 Å². The second-order valence-electron chi connectivity index (χ2n) is 4.62. The molecule has 3 rings (SSSR count). The van der Waals surface area contributed by atoms with Gasteiger partial charge in [0.05, 0.1) is 37.3 Å². The fourth-order valence-electron chi connectivity index (χ4n) is 2.25. The third-order valence-corrected chi connectivity index (χ3v) is 3.35. The zero-order chi connectivity index (χ0) is 15.5. The summed E-state index contributed by atoms with van der Waals surface area (Å²) < 4.78 is 10.4. The molecule has 0 saturated carbocycles. The van der Waals surface area contributed by atoms with Gasteiger partial charge in [0.15, 0.2) is 0 Å². The summed E-state index contributed by atoms with van der Waals surface area (Å²) in [5.41, 5.74) is 2.47. The smallest absolute Gasteiger partial charge is 0.258 e. The number of nitrogens with one attached hydrogen (secondary N) is 2. The molecule has 0 atom stereocenters. The number of hydrogen-bond acceptors (Lipinski definition) is 4. The minimum atomic E-state index is -0.260. The molecule has 1 heterocycles. The maximum Gasteiger partial charge on any atom is 0.258 e. The maximum atomic E-state index is 12.5. The monoisotopic (exact) mass is 297 g/mol. The van der Waals surface area contributed by atoms with E-state index in [2.05, 4.69) is 15.3 Å². The van der Waals surface area contributed by atoms with Crippen LogP contribution in [0.2, 0.25) is 0 Å². The third-order valence-electron chi connectivity index (χ3n) is 3.35. The Labute approximate surface area is 127 Å². The Morgan fingerprint density at radius 2 is 2.05 bits per heavy atom. The lowest BCUT2D eigenvalue weighted by Crippen LogP contribution is -2.13. The molecule has 0 unspecified atom stereocenters. The van der Waals surface area contributed by atoms with Crippen molar-refractivity contribution in [2.24, 2.45) is 0 Å². The van der Waals surface area contributed by atoms with Gasteiger partial charge in [0.2, 0.25) is 0 Å². The number of rotatable bonds is 4. The molecule has 0 fully saturated rings. The zero-order valence-corrected chi connectivity index (χ0v) is 12.2. The molecule has 0 spiro atoms. The van der Waals surface area contributed by atoms with E-state index in [1.165, 1.54) is 0 Å². The first-order valence-corrected chi connectivity index (χ1v) is 6.68. The van der Waals surface area contributed by atoms with Crippen LogP contribution in [0.4, 0.5) is 5.69 Å². The van der Waals surface area contributed by atoms with E-state index in [1.54, 1.807) is 50.9 Å². The highest BCUT2D eigenvalue weighted by molar-refractivity contribution is 6.11. The van der Waals surface area contributed by atoms with Gasteiger partial charge in [0.25, 0.3) is 5.91 Å². The van der Waals surface area contributed by atoms with E-state index < -0.39 is 0 Å². The molecule has 0 radical (unpaired) electrons. The van der Waals surface area contributed by atoms with Crippen molar-refractivity contribution in [1.82, 2.24) is 9.97 Å². The molecule has 6 heteroatoms. The minimum Gasteiger partial charge on any atom is -0.497 e. The van der Waals surface area contributed by atoms with Crippen LogP contribution in [0.3, 0.4) is 0 Å². The fraction of sp³-hybridized carbons (Fsp3) is 0.125. The van der Waals surface area contributed by atoms with Gasteiger partial charge in [-0.05, 0) is 24.3 Å². The standard InChI is InChI=1S/C16H15N3O3/c1-21-10-6-7-14(22-2)13(8-10)19-16(20)11-4-3-5-12-15(11)18-9-17-12/h3-9H,1-2H3,(H,17,18)(H,19,20). The number of nitrogens with zero attached hydrogens (tertiary/aromatic N) is 1. The van der Waals surface area contributed by atoms with E-state index in [0.29, 0.717) is 28.3 Å². The molecule has 22 heavy (non-hydrogen) atoms. The molecule has 0 aliphatic heterocycles. The minimum absolute atomic E-state index is 0.260. The Balaban J connectivity index is 1.96. The first-order chi connectivity index (χ1) is 10.7. The van der Waals surface area contributed by atoms with Crippen molar-refractivity contribution < 1.29 is 14.3 Å². The number of fused-ring (bicyclic) bond motifs is 1. The second-order valence-corrected chi connectivity index (χ2v) is 4.62. The molecule has 0 bridgehead atoms. The summed E-state index contributed by atoms with van der Waals surface area (Å²) in [4.78, 5) is 19.7. The maximum absolute atomic E-state index is 12.5. The molecule has 112 valence electrons. The van der Waals surface area contributed by atoms with E-state index in [-0.39, 0.29) is 5.91 Å². The third kappa shape index (κ3) is 2.46. The van der Waals surface area contributed by atoms with Crippen LogP contribution in [0, 0.1) is 0 Å². The Kier molecular flexibility index (Phi) is 3.65. The SMILES string of the molecule is COc1ccc(OC)c(NC(=O)c2cccc3[nH]cnc23)c1. The number of H-pyrrole nitrogens is 1. The molecule has 3 aromatic rings. The molecule has 6 nitrogen and oxygen atoms in total. The van der Waals surface area contributed by atoms with Gasteiger partial charge in [0.1, 0.15) is 17.0 Å². The largest absolute Gasteiger partial charge is 0.497 e. The van der Waals surface area contributed by atoms with Crippen LogP contribution in [-0.2, 0) is 0 Å². The molecule has 0 aliphatic carbocycles. The first kappa shape index (κ1) is 13.9. The van der Waals surface area contributed by atoms with Crippen LogP contribution >= 0.6 is 0 Å². The number of amides is 1. The van der Waals surface area contributed by atoms with Gasteiger partial charge in [-0.1, -0.05) is 6.07 Å². The number of carbonyl (C=O) groups is 1. The van der Waals surface area contributed by atoms with Gasteiger partial charge in [-0.3, -0.25) is 4.79 Å². The van der Waals surface area contributed by atoms with Crippen molar-refractivity contribution in [2.75, 3.05) is 19.5 Å². The van der Waals surface area contributed by atoms with E-state index >= 15 is 0 Å². The van der Waals surface area contributed by atoms with Crippen LogP contribution in [-0.4, -0.2) is 30.1 Å². The van der Waals surface area contributed by atoms with Crippen LogP contribution in [0.1, 0.15) is 10.4 Å². The average Bonchev–Trinajstić information content (AvgIpc) is 3.03. The number of para-hydroxylation sites is 1. The fourth-order valence-corrected chi connectivity index (χ4v) is 2.25. The van der Waals surface area contributed by atoms with Crippen molar-refractivity contribution in [3.05, 3.63) is 48.3 Å². The Morgan fingerprint density at radius 1 is 1.18 bits per heavy atom. The van der Waals surface area contributed by atoms with E-state index in [4.69, 9.17) is 9.47 Å². The molecule has 1 amide bonds. The highest BCUT2D eigenvalue weighted by Gasteiger charge is 2.14. The van der Waals surface area contributed by atoms with Crippen LogP contribution < -0.4 is 14.8 Å². The highest BCUT2D eigenvalue weighted by atomic mass is 16.5. The average molecular weight is 297 g/mol. The first-order valence-electron chi connectivity index (χ1n) is 6.68. The number of aromatic nitrogens is 2. The van der Waals surface area contributed by atoms with E-state index in [1.807, 2.05) is 6.07 Å². The summed E-state index contributed by atoms with van der Waals surface area (Å²) in [6.45, 7) is 0. The summed E-state index contributed by atoms with van der Waals surface area (Å²) in [6, 6.07) is 10.6. The summed E-state index contributed by atoms with van der Waals surface area (Å²) in [6.07, 6.45) is 1.56. The Morgan fingerprint density at radius 3 is 2.82 bits per heavy atom. The van der Waals surface area contributed by atoms with Crippen molar-refractivity contribution in [2.45, 2.75) is 0 Å². The van der Waals surface area contributed by atoms with Crippen molar-refractivity contribution >= 4 is 22.6 Å². The second kappa shape index (κ2) is 5.77. The predicted octanol–water partition coefficient (Wildman–Crippen LogP) is 2.83. The van der Waals surface area contributed by atoms with Crippen molar-refractivity contribution in [3.8, 4) is 11.5 Å². The molecular formula is C16H15N3O3. The number of ether oxygens (including phenoxy) is 2. The van der Waals surface area contributed by atoms with Crippen LogP contribution in [0.15, 0.2) is 42.7 Å². The Hall–Kier alpha value is -3.02. The van der Waals surface area contributed by atoms with Gasteiger partial charge < -0.3 is 19.8 Å². The van der Waals surface area contributed by atoms with Gasteiger partial charge >= 0.3 is 0 Å². The lowest BCUT2D eigenvalue weighted by molar-refractivity contribution is 0.102. The number of aromatic amines is 1. The molecule has 2 N–H and O–H groups in total.